The van der Waals surface area contributed by atoms with Crippen LogP contribution in [0.5, 0.6) is 0 Å². The number of hydrogen-bond acceptors (Lipinski definition) is 7. The summed E-state index contributed by atoms with van der Waals surface area (Å²) in [4.78, 5) is 38.5. The number of amides is 1. The van der Waals surface area contributed by atoms with Gasteiger partial charge in [0.25, 0.3) is 11.6 Å². The van der Waals surface area contributed by atoms with E-state index in [2.05, 4.69) is 5.32 Å². The first-order valence-corrected chi connectivity index (χ1v) is 11.0. The van der Waals surface area contributed by atoms with Crippen molar-refractivity contribution in [2.75, 3.05) is 31.2 Å². The molecule has 0 aromatic heterocycles. The first kappa shape index (κ1) is 24.5. The highest BCUT2D eigenvalue weighted by molar-refractivity contribution is 6.31. The van der Waals surface area contributed by atoms with Crippen molar-refractivity contribution in [1.29, 1.82) is 0 Å². The molecular formula is C23H26ClN3O6. The number of esters is 1. The third-order valence-electron chi connectivity index (χ3n) is 5.11. The van der Waals surface area contributed by atoms with E-state index in [1.54, 1.807) is 44.2 Å². The number of nitro benzene ring substituents is 1. The largest absolute Gasteiger partial charge is 0.463 e. The fourth-order valence-electron chi connectivity index (χ4n) is 3.61. The van der Waals surface area contributed by atoms with Crippen molar-refractivity contribution in [3.8, 4) is 0 Å². The zero-order valence-electron chi connectivity index (χ0n) is 18.5. The number of ether oxygens (including phenoxy) is 2. The van der Waals surface area contributed by atoms with Crippen LogP contribution in [0.3, 0.4) is 0 Å². The van der Waals surface area contributed by atoms with Gasteiger partial charge in [0, 0.05) is 30.2 Å². The average Bonchev–Trinajstić information content (AvgIpc) is 2.78. The number of morpholine rings is 1. The van der Waals surface area contributed by atoms with Gasteiger partial charge in [0.15, 0.2) is 0 Å². The molecule has 1 aliphatic heterocycles. The molecule has 1 unspecified atom stereocenters. The third-order valence-corrected chi connectivity index (χ3v) is 5.46. The number of carbonyl (C=O) groups excluding carboxylic acids is 2. The molecule has 2 aromatic rings. The summed E-state index contributed by atoms with van der Waals surface area (Å²) in [6.45, 7) is 5.54. The van der Waals surface area contributed by atoms with Crippen molar-refractivity contribution in [2.24, 2.45) is 0 Å². The summed E-state index contributed by atoms with van der Waals surface area (Å²) in [5.74, 6) is -1.05. The smallest absolute Gasteiger partial charge is 0.308 e. The lowest BCUT2D eigenvalue weighted by molar-refractivity contribution is -0.384. The van der Waals surface area contributed by atoms with Crippen molar-refractivity contribution in [3.05, 3.63) is 68.7 Å². The number of hydrogen-bond donors (Lipinski definition) is 1. The van der Waals surface area contributed by atoms with E-state index in [0.717, 1.165) is 0 Å². The summed E-state index contributed by atoms with van der Waals surface area (Å²) in [5, 5.41) is 14.6. The third kappa shape index (κ3) is 6.43. The summed E-state index contributed by atoms with van der Waals surface area (Å²) in [6, 6.07) is 10.3. The topological polar surface area (TPSA) is 111 Å². The number of anilines is 1. The molecule has 0 saturated carbocycles. The molecule has 1 saturated heterocycles. The summed E-state index contributed by atoms with van der Waals surface area (Å²) in [7, 11) is 0. The summed E-state index contributed by atoms with van der Waals surface area (Å²) >= 11 is 6.34. The summed E-state index contributed by atoms with van der Waals surface area (Å²) in [5.41, 5.74) is 1.04. The van der Waals surface area contributed by atoms with Gasteiger partial charge in [0.2, 0.25) is 0 Å². The van der Waals surface area contributed by atoms with E-state index < -0.39 is 22.8 Å². The lowest BCUT2D eigenvalue weighted by Gasteiger charge is -2.30. The minimum absolute atomic E-state index is 0.139. The molecule has 0 aliphatic carbocycles. The fraction of sp³-hybridized carbons (Fsp3) is 0.391. The highest BCUT2D eigenvalue weighted by atomic mass is 35.5. The van der Waals surface area contributed by atoms with Crippen LogP contribution >= 0.6 is 11.6 Å². The van der Waals surface area contributed by atoms with Gasteiger partial charge in [0.05, 0.1) is 48.0 Å². The van der Waals surface area contributed by atoms with Gasteiger partial charge in [-0.05, 0) is 31.5 Å². The Morgan fingerprint density at radius 1 is 1.21 bits per heavy atom. The van der Waals surface area contributed by atoms with Gasteiger partial charge in [-0.25, -0.2) is 0 Å². The second-order valence-electron chi connectivity index (χ2n) is 7.85. The van der Waals surface area contributed by atoms with Crippen LogP contribution in [-0.4, -0.2) is 49.2 Å². The van der Waals surface area contributed by atoms with Gasteiger partial charge in [-0.3, -0.25) is 19.7 Å². The van der Waals surface area contributed by atoms with E-state index in [0.29, 0.717) is 42.6 Å². The Morgan fingerprint density at radius 3 is 2.55 bits per heavy atom. The molecule has 0 radical (unpaired) electrons. The van der Waals surface area contributed by atoms with Crippen LogP contribution in [0.1, 0.15) is 42.2 Å². The molecule has 2 aromatic carbocycles. The van der Waals surface area contributed by atoms with Gasteiger partial charge in [-0.15, -0.1) is 0 Å². The van der Waals surface area contributed by atoms with Gasteiger partial charge in [-0.1, -0.05) is 29.8 Å². The number of carbonyl (C=O) groups is 2. The number of non-ortho nitro benzene ring substituents is 1. The molecule has 1 amide bonds. The Hall–Kier alpha value is -3.17. The van der Waals surface area contributed by atoms with Crippen LogP contribution in [-0.2, 0) is 14.3 Å². The van der Waals surface area contributed by atoms with E-state index in [-0.39, 0.29) is 23.8 Å². The summed E-state index contributed by atoms with van der Waals surface area (Å²) < 4.78 is 10.6. The molecule has 0 bridgehead atoms. The van der Waals surface area contributed by atoms with Gasteiger partial charge >= 0.3 is 5.97 Å². The molecule has 1 aliphatic rings. The normalized spacial score (nSPS) is 14.6. The van der Waals surface area contributed by atoms with Crippen LogP contribution in [0, 0.1) is 10.1 Å². The molecule has 1 fully saturated rings. The maximum absolute atomic E-state index is 13.4. The van der Waals surface area contributed by atoms with Crippen LogP contribution < -0.4 is 10.2 Å². The molecule has 1 N–H and O–H groups in total. The standard InChI is InChI=1S/C23H26ClN3O6/c1-15(2)33-22(28)14-20(17-5-3-4-6-19(17)24)25-23(29)18-13-16(27(30)31)7-8-21(18)26-9-11-32-12-10-26/h3-8,13,15,20H,9-12,14H2,1-2H3,(H,25,29). The zero-order chi connectivity index (χ0) is 24.0. The lowest BCUT2D eigenvalue weighted by atomic mass is 10.0. The van der Waals surface area contributed by atoms with E-state index in [9.17, 15) is 19.7 Å². The van der Waals surface area contributed by atoms with Crippen LogP contribution in [0.25, 0.3) is 0 Å². The number of nitro groups is 1. The molecule has 1 atom stereocenters. The van der Waals surface area contributed by atoms with Gasteiger partial charge < -0.3 is 19.7 Å². The van der Waals surface area contributed by atoms with E-state index in [1.165, 1.54) is 12.1 Å². The Balaban J connectivity index is 1.94. The quantitative estimate of drug-likeness (QED) is 0.350. The number of halogens is 1. The first-order valence-electron chi connectivity index (χ1n) is 10.6. The molecule has 0 spiro atoms. The molecule has 176 valence electrons. The zero-order valence-corrected chi connectivity index (χ0v) is 19.2. The van der Waals surface area contributed by atoms with Crippen LogP contribution in [0.2, 0.25) is 5.02 Å². The highest BCUT2D eigenvalue weighted by Crippen LogP contribution is 2.30. The van der Waals surface area contributed by atoms with Crippen LogP contribution in [0.4, 0.5) is 11.4 Å². The van der Waals surface area contributed by atoms with Crippen molar-refractivity contribution in [1.82, 2.24) is 5.32 Å². The maximum Gasteiger partial charge on any atom is 0.308 e. The van der Waals surface area contributed by atoms with Gasteiger partial charge in [0.1, 0.15) is 0 Å². The van der Waals surface area contributed by atoms with Crippen molar-refractivity contribution in [3.63, 3.8) is 0 Å². The number of rotatable bonds is 8. The van der Waals surface area contributed by atoms with Crippen molar-refractivity contribution < 1.29 is 24.0 Å². The van der Waals surface area contributed by atoms with Gasteiger partial charge in [-0.2, -0.15) is 0 Å². The SMILES string of the molecule is CC(C)OC(=O)CC(NC(=O)c1cc([N+](=O)[O-])ccc1N1CCOCC1)c1ccccc1Cl. The monoisotopic (exact) mass is 475 g/mol. The maximum atomic E-state index is 13.4. The Kier molecular flexibility index (Phi) is 8.24. The highest BCUT2D eigenvalue weighted by Gasteiger charge is 2.26. The van der Waals surface area contributed by atoms with Crippen molar-refractivity contribution >= 4 is 34.9 Å². The van der Waals surface area contributed by atoms with E-state index in [1.807, 2.05) is 4.90 Å². The van der Waals surface area contributed by atoms with E-state index in [4.69, 9.17) is 21.1 Å². The van der Waals surface area contributed by atoms with E-state index >= 15 is 0 Å². The predicted octanol–water partition coefficient (Wildman–Crippen LogP) is 3.90. The van der Waals surface area contributed by atoms with Crippen molar-refractivity contribution in [2.45, 2.75) is 32.4 Å². The molecule has 3 rings (SSSR count). The first-order chi connectivity index (χ1) is 15.8. The Morgan fingerprint density at radius 2 is 1.91 bits per heavy atom. The number of nitrogens with one attached hydrogen (secondary N) is 1. The number of nitrogens with zero attached hydrogens (tertiary/aromatic N) is 2. The molecule has 10 heteroatoms. The second kappa shape index (κ2) is 11.1. The molecule has 1 heterocycles. The Labute approximate surface area is 196 Å². The predicted molar refractivity (Wildman–Crippen MR) is 124 cm³/mol. The number of benzene rings is 2. The molecule has 33 heavy (non-hydrogen) atoms. The fourth-order valence-corrected chi connectivity index (χ4v) is 3.88. The average molecular weight is 476 g/mol. The lowest BCUT2D eigenvalue weighted by Crippen LogP contribution is -2.38. The molecule has 9 nitrogen and oxygen atoms in total. The molecular weight excluding hydrogens is 450 g/mol. The van der Waals surface area contributed by atoms with Crippen LogP contribution in [0.15, 0.2) is 42.5 Å². The minimum atomic E-state index is -0.783. The summed E-state index contributed by atoms with van der Waals surface area (Å²) in [6.07, 6.45) is -0.458. The second-order valence-corrected chi connectivity index (χ2v) is 8.26. The minimum Gasteiger partial charge on any atom is -0.463 e. The Bertz CT molecular complexity index is 1020.